The molecular weight excluding hydrogens is 229 g/mol. The first-order valence-corrected chi connectivity index (χ1v) is 6.74. The molecule has 2 atom stereocenters. The molecule has 1 aromatic carbocycles. The van der Waals surface area contributed by atoms with E-state index < -0.39 is 0 Å². The molecule has 0 amide bonds. The predicted molar refractivity (Wildman–Crippen MR) is 70.9 cm³/mol. The first kappa shape index (κ1) is 13.5. The van der Waals surface area contributed by atoms with E-state index in [1.807, 2.05) is 6.07 Å². The van der Waals surface area contributed by atoms with Crippen LogP contribution in [0.3, 0.4) is 0 Å². The van der Waals surface area contributed by atoms with E-state index in [0.29, 0.717) is 11.8 Å². The van der Waals surface area contributed by atoms with Gasteiger partial charge in [0.25, 0.3) is 0 Å². The molecule has 1 saturated heterocycles. The molecule has 1 aliphatic heterocycles. The van der Waals surface area contributed by atoms with E-state index >= 15 is 0 Å². The highest BCUT2D eigenvalue weighted by molar-refractivity contribution is 5.20. The zero-order chi connectivity index (χ0) is 13.0. The van der Waals surface area contributed by atoms with E-state index in [9.17, 15) is 4.39 Å². The largest absolute Gasteiger partial charge is 0.373 e. The lowest BCUT2D eigenvalue weighted by Crippen LogP contribution is -2.28. The van der Waals surface area contributed by atoms with E-state index in [4.69, 9.17) is 4.74 Å². The summed E-state index contributed by atoms with van der Waals surface area (Å²) in [5.74, 6) is 0.919. The van der Waals surface area contributed by atoms with Gasteiger partial charge in [0, 0.05) is 19.1 Å². The molecule has 1 aromatic rings. The molecule has 100 valence electrons. The van der Waals surface area contributed by atoms with Crippen molar-refractivity contribution in [3.05, 3.63) is 35.6 Å². The van der Waals surface area contributed by atoms with Crippen LogP contribution < -0.4 is 5.32 Å². The molecule has 0 saturated carbocycles. The summed E-state index contributed by atoms with van der Waals surface area (Å²) in [5.41, 5.74) is 0.962. The van der Waals surface area contributed by atoms with Gasteiger partial charge in [0.15, 0.2) is 0 Å². The number of hydrogen-bond donors (Lipinski definition) is 1. The highest BCUT2D eigenvalue weighted by Crippen LogP contribution is 2.34. The first-order valence-electron chi connectivity index (χ1n) is 6.74. The molecule has 0 bridgehead atoms. The first-order chi connectivity index (χ1) is 8.66. The highest BCUT2D eigenvalue weighted by atomic mass is 19.1. The molecule has 1 heterocycles. The van der Waals surface area contributed by atoms with Gasteiger partial charge in [0.2, 0.25) is 0 Å². The monoisotopic (exact) mass is 251 g/mol. The van der Waals surface area contributed by atoms with E-state index in [2.05, 4.69) is 19.2 Å². The van der Waals surface area contributed by atoms with Crippen molar-refractivity contribution in [3.8, 4) is 0 Å². The van der Waals surface area contributed by atoms with Gasteiger partial charge in [-0.3, -0.25) is 0 Å². The summed E-state index contributed by atoms with van der Waals surface area (Å²) in [6.07, 6.45) is 1.09. The molecular formula is C15H22FNO. The van der Waals surface area contributed by atoms with Gasteiger partial charge in [-0.05, 0) is 36.6 Å². The summed E-state index contributed by atoms with van der Waals surface area (Å²) < 4.78 is 19.0. The Balaban J connectivity index is 1.95. The summed E-state index contributed by atoms with van der Waals surface area (Å²) in [4.78, 5) is 0. The van der Waals surface area contributed by atoms with Crippen LogP contribution in [0.2, 0.25) is 0 Å². The van der Waals surface area contributed by atoms with Crippen LogP contribution in [0.1, 0.15) is 31.9 Å². The van der Waals surface area contributed by atoms with Crippen molar-refractivity contribution in [2.75, 3.05) is 19.7 Å². The summed E-state index contributed by atoms with van der Waals surface area (Å²) >= 11 is 0. The fourth-order valence-electron chi connectivity index (χ4n) is 2.45. The number of halogens is 1. The van der Waals surface area contributed by atoms with Gasteiger partial charge in [-0.25, -0.2) is 4.39 Å². The van der Waals surface area contributed by atoms with E-state index in [-0.39, 0.29) is 11.9 Å². The summed E-state index contributed by atoms with van der Waals surface area (Å²) in [6, 6.07) is 6.77. The van der Waals surface area contributed by atoms with Crippen molar-refractivity contribution in [1.82, 2.24) is 5.32 Å². The minimum atomic E-state index is -0.183. The minimum absolute atomic E-state index is 0.0420. The van der Waals surface area contributed by atoms with Crippen molar-refractivity contribution in [3.63, 3.8) is 0 Å². The Morgan fingerprint density at radius 3 is 3.00 bits per heavy atom. The quantitative estimate of drug-likeness (QED) is 0.868. The molecule has 2 rings (SSSR count). The van der Waals surface area contributed by atoms with Gasteiger partial charge < -0.3 is 10.1 Å². The SMILES string of the molecule is CC(C)CNCC1CCOC1c1cccc(F)c1. The normalized spacial score (nSPS) is 23.8. The van der Waals surface area contributed by atoms with E-state index in [0.717, 1.165) is 31.7 Å². The van der Waals surface area contributed by atoms with Crippen LogP contribution in [-0.2, 0) is 4.74 Å². The Kier molecular flexibility index (Phi) is 4.72. The lowest BCUT2D eigenvalue weighted by atomic mass is 9.95. The number of ether oxygens (including phenoxy) is 1. The predicted octanol–water partition coefficient (Wildman–Crippen LogP) is 3.15. The van der Waals surface area contributed by atoms with Crippen molar-refractivity contribution >= 4 is 0 Å². The van der Waals surface area contributed by atoms with Gasteiger partial charge in [-0.2, -0.15) is 0 Å². The Bertz CT molecular complexity index is 381. The second kappa shape index (κ2) is 6.30. The maximum absolute atomic E-state index is 13.2. The third-order valence-corrected chi connectivity index (χ3v) is 3.35. The molecule has 2 nitrogen and oxygen atoms in total. The van der Waals surface area contributed by atoms with Crippen LogP contribution in [0.5, 0.6) is 0 Å². The second-order valence-corrected chi connectivity index (χ2v) is 5.45. The fourth-order valence-corrected chi connectivity index (χ4v) is 2.45. The van der Waals surface area contributed by atoms with Crippen molar-refractivity contribution in [2.45, 2.75) is 26.4 Å². The van der Waals surface area contributed by atoms with Gasteiger partial charge in [-0.15, -0.1) is 0 Å². The van der Waals surface area contributed by atoms with Gasteiger partial charge in [0.1, 0.15) is 5.82 Å². The number of benzene rings is 1. The molecule has 0 radical (unpaired) electrons. The van der Waals surface area contributed by atoms with Crippen LogP contribution >= 0.6 is 0 Å². The van der Waals surface area contributed by atoms with E-state index in [1.165, 1.54) is 6.07 Å². The van der Waals surface area contributed by atoms with Gasteiger partial charge in [0.05, 0.1) is 6.10 Å². The number of hydrogen-bond acceptors (Lipinski definition) is 2. The molecule has 0 aromatic heterocycles. The molecule has 3 heteroatoms. The third-order valence-electron chi connectivity index (χ3n) is 3.35. The Labute approximate surface area is 109 Å². The maximum Gasteiger partial charge on any atom is 0.123 e. The lowest BCUT2D eigenvalue weighted by Gasteiger charge is -2.20. The van der Waals surface area contributed by atoms with E-state index in [1.54, 1.807) is 12.1 Å². The zero-order valence-electron chi connectivity index (χ0n) is 11.2. The number of rotatable bonds is 5. The maximum atomic E-state index is 13.2. The molecule has 1 N–H and O–H groups in total. The van der Waals surface area contributed by atoms with Crippen LogP contribution in [0, 0.1) is 17.7 Å². The van der Waals surface area contributed by atoms with Crippen LogP contribution in [0.25, 0.3) is 0 Å². The average Bonchev–Trinajstić information content (AvgIpc) is 2.77. The van der Waals surface area contributed by atoms with Crippen LogP contribution in [-0.4, -0.2) is 19.7 Å². The summed E-state index contributed by atoms with van der Waals surface area (Å²) in [7, 11) is 0. The molecule has 18 heavy (non-hydrogen) atoms. The molecule has 2 unspecified atom stereocenters. The molecule has 0 aliphatic carbocycles. The minimum Gasteiger partial charge on any atom is -0.373 e. The fraction of sp³-hybridized carbons (Fsp3) is 0.600. The van der Waals surface area contributed by atoms with Gasteiger partial charge >= 0.3 is 0 Å². The average molecular weight is 251 g/mol. The van der Waals surface area contributed by atoms with Crippen LogP contribution in [0.15, 0.2) is 24.3 Å². The highest BCUT2D eigenvalue weighted by Gasteiger charge is 2.29. The Hall–Kier alpha value is -0.930. The molecule has 1 fully saturated rings. The summed E-state index contributed by atoms with van der Waals surface area (Å²) in [5, 5.41) is 3.47. The van der Waals surface area contributed by atoms with Crippen molar-refractivity contribution < 1.29 is 9.13 Å². The Morgan fingerprint density at radius 2 is 2.28 bits per heavy atom. The smallest absolute Gasteiger partial charge is 0.123 e. The third kappa shape index (κ3) is 3.53. The Morgan fingerprint density at radius 1 is 1.44 bits per heavy atom. The summed E-state index contributed by atoms with van der Waals surface area (Å²) in [6.45, 7) is 7.13. The topological polar surface area (TPSA) is 21.3 Å². The standard InChI is InChI=1S/C15H22FNO/c1-11(2)9-17-10-13-6-7-18-15(13)12-4-3-5-14(16)8-12/h3-5,8,11,13,15,17H,6-7,9-10H2,1-2H3. The number of nitrogens with one attached hydrogen (secondary N) is 1. The zero-order valence-corrected chi connectivity index (χ0v) is 11.2. The van der Waals surface area contributed by atoms with Crippen molar-refractivity contribution in [1.29, 1.82) is 0 Å². The molecule has 0 spiro atoms. The van der Waals surface area contributed by atoms with Gasteiger partial charge in [-0.1, -0.05) is 26.0 Å². The van der Waals surface area contributed by atoms with Crippen LogP contribution in [0.4, 0.5) is 4.39 Å². The lowest BCUT2D eigenvalue weighted by molar-refractivity contribution is 0.0901. The van der Waals surface area contributed by atoms with Crippen molar-refractivity contribution in [2.24, 2.45) is 11.8 Å². The molecule has 1 aliphatic rings. The second-order valence-electron chi connectivity index (χ2n) is 5.45.